The molecule has 1 atom stereocenters. The van der Waals surface area contributed by atoms with Gasteiger partial charge in [0.1, 0.15) is 0 Å². The topological polar surface area (TPSA) is 60.0 Å². The average Bonchev–Trinajstić information content (AvgIpc) is 2.80. The summed E-state index contributed by atoms with van der Waals surface area (Å²) < 4.78 is 0. The first kappa shape index (κ1) is 27.9. The third kappa shape index (κ3) is 8.43. The fraction of sp³-hybridized carbons (Fsp3) is 0.440. The van der Waals surface area contributed by atoms with Gasteiger partial charge in [-0.25, -0.2) is 4.99 Å². The van der Waals surface area contributed by atoms with E-state index in [2.05, 4.69) is 66.6 Å². The molecule has 2 aromatic rings. The van der Waals surface area contributed by atoms with E-state index in [4.69, 9.17) is 4.99 Å². The molecule has 0 aliphatic heterocycles. The van der Waals surface area contributed by atoms with Crippen LogP contribution in [0, 0.1) is 0 Å². The van der Waals surface area contributed by atoms with Crippen molar-refractivity contribution in [3.05, 3.63) is 71.3 Å². The SMILES string of the molecule is CCNC(=NCc1ccc(C(=O)N(C)C)cc1)NCC(c1ccccc1)N(CC)CC.I. The highest BCUT2D eigenvalue weighted by Gasteiger charge is 2.18. The summed E-state index contributed by atoms with van der Waals surface area (Å²) in [4.78, 5) is 20.8. The fourth-order valence-corrected chi connectivity index (χ4v) is 3.51. The van der Waals surface area contributed by atoms with Crippen LogP contribution in [0.25, 0.3) is 0 Å². The number of rotatable bonds is 10. The van der Waals surface area contributed by atoms with E-state index in [0.29, 0.717) is 12.1 Å². The molecule has 0 aromatic heterocycles. The van der Waals surface area contributed by atoms with E-state index in [1.165, 1.54) is 5.56 Å². The number of hydrogen-bond donors (Lipinski definition) is 2. The third-order valence-corrected chi connectivity index (χ3v) is 5.27. The summed E-state index contributed by atoms with van der Waals surface area (Å²) >= 11 is 0. The quantitative estimate of drug-likeness (QED) is 0.265. The van der Waals surface area contributed by atoms with Crippen LogP contribution in [-0.4, -0.2) is 61.9 Å². The standard InChI is InChI=1S/C25H37N5O.HI/c1-6-26-25(27-18-20-14-16-22(17-15-20)24(31)29(4)5)28-19-23(30(7-2)8-3)21-12-10-9-11-13-21;/h9-17,23H,6-8,18-19H2,1-5H3,(H2,26,27,28);1H. The van der Waals surface area contributed by atoms with Crippen LogP contribution in [0.2, 0.25) is 0 Å². The van der Waals surface area contributed by atoms with Gasteiger partial charge in [0, 0.05) is 32.7 Å². The molecule has 0 radical (unpaired) electrons. The van der Waals surface area contributed by atoms with Crippen LogP contribution in [0.15, 0.2) is 59.6 Å². The smallest absolute Gasteiger partial charge is 0.253 e. The number of carbonyl (C=O) groups excluding carboxylic acids is 1. The monoisotopic (exact) mass is 551 g/mol. The Morgan fingerprint density at radius 3 is 2.09 bits per heavy atom. The number of benzene rings is 2. The Hall–Kier alpha value is -2.13. The highest BCUT2D eigenvalue weighted by Crippen LogP contribution is 2.19. The van der Waals surface area contributed by atoms with Crippen molar-refractivity contribution in [2.24, 2.45) is 4.99 Å². The molecule has 6 nitrogen and oxygen atoms in total. The Balaban J connectivity index is 0.00000512. The third-order valence-electron chi connectivity index (χ3n) is 5.27. The molecule has 7 heteroatoms. The lowest BCUT2D eigenvalue weighted by Gasteiger charge is -2.30. The molecule has 0 saturated heterocycles. The predicted molar refractivity (Wildman–Crippen MR) is 145 cm³/mol. The summed E-state index contributed by atoms with van der Waals surface area (Å²) in [5, 5.41) is 6.86. The second-order valence-electron chi connectivity index (χ2n) is 7.62. The lowest BCUT2D eigenvalue weighted by Crippen LogP contribution is -2.43. The van der Waals surface area contributed by atoms with E-state index < -0.39 is 0 Å². The molecule has 0 aliphatic carbocycles. The van der Waals surface area contributed by atoms with Gasteiger partial charge in [0.15, 0.2) is 5.96 Å². The minimum absolute atomic E-state index is 0. The van der Waals surface area contributed by atoms with Crippen molar-refractivity contribution in [1.29, 1.82) is 0 Å². The van der Waals surface area contributed by atoms with Crippen molar-refractivity contribution in [2.75, 3.05) is 40.3 Å². The molecule has 0 spiro atoms. The zero-order chi connectivity index (χ0) is 22.6. The van der Waals surface area contributed by atoms with Crippen LogP contribution in [0.3, 0.4) is 0 Å². The van der Waals surface area contributed by atoms with Gasteiger partial charge in [-0.05, 0) is 43.3 Å². The zero-order valence-corrected chi connectivity index (χ0v) is 22.3. The Morgan fingerprint density at radius 2 is 1.56 bits per heavy atom. The van der Waals surface area contributed by atoms with Crippen molar-refractivity contribution in [3.8, 4) is 0 Å². The van der Waals surface area contributed by atoms with E-state index >= 15 is 0 Å². The normalized spacial score (nSPS) is 12.1. The minimum Gasteiger partial charge on any atom is -0.357 e. The van der Waals surface area contributed by atoms with E-state index in [1.54, 1.807) is 19.0 Å². The van der Waals surface area contributed by atoms with Gasteiger partial charge in [0.2, 0.25) is 0 Å². The first-order valence-electron chi connectivity index (χ1n) is 11.1. The van der Waals surface area contributed by atoms with Crippen molar-refractivity contribution in [1.82, 2.24) is 20.4 Å². The van der Waals surface area contributed by atoms with Gasteiger partial charge in [-0.3, -0.25) is 9.69 Å². The van der Waals surface area contributed by atoms with Crippen molar-refractivity contribution >= 4 is 35.8 Å². The highest BCUT2D eigenvalue weighted by molar-refractivity contribution is 14.0. The summed E-state index contributed by atoms with van der Waals surface area (Å²) in [6.45, 7) is 10.6. The number of halogens is 1. The fourth-order valence-electron chi connectivity index (χ4n) is 3.51. The zero-order valence-electron chi connectivity index (χ0n) is 20.0. The molecule has 1 amide bonds. The molecule has 176 valence electrons. The summed E-state index contributed by atoms with van der Waals surface area (Å²) in [7, 11) is 3.52. The first-order valence-corrected chi connectivity index (χ1v) is 11.1. The van der Waals surface area contributed by atoms with Crippen LogP contribution >= 0.6 is 24.0 Å². The predicted octanol–water partition coefficient (Wildman–Crippen LogP) is 4.14. The molecule has 0 heterocycles. The van der Waals surface area contributed by atoms with Gasteiger partial charge < -0.3 is 15.5 Å². The number of likely N-dealkylation sites (N-methyl/N-ethyl adjacent to an activating group) is 1. The van der Waals surface area contributed by atoms with Gasteiger partial charge >= 0.3 is 0 Å². The molecule has 1 unspecified atom stereocenters. The Bertz CT molecular complexity index is 820. The van der Waals surface area contributed by atoms with Crippen LogP contribution < -0.4 is 10.6 Å². The average molecular weight is 552 g/mol. The highest BCUT2D eigenvalue weighted by atomic mass is 127. The van der Waals surface area contributed by atoms with Gasteiger partial charge in [-0.15, -0.1) is 24.0 Å². The number of nitrogens with zero attached hydrogens (tertiary/aromatic N) is 3. The maximum atomic E-state index is 12.1. The number of guanidine groups is 1. The molecular formula is C25H38IN5O. The summed E-state index contributed by atoms with van der Waals surface area (Å²) in [5.41, 5.74) is 3.05. The van der Waals surface area contributed by atoms with E-state index in [-0.39, 0.29) is 35.9 Å². The number of nitrogens with one attached hydrogen (secondary N) is 2. The molecule has 0 saturated carbocycles. The van der Waals surface area contributed by atoms with E-state index in [9.17, 15) is 4.79 Å². The second-order valence-corrected chi connectivity index (χ2v) is 7.62. The molecule has 2 N–H and O–H groups in total. The summed E-state index contributed by atoms with van der Waals surface area (Å²) in [6, 6.07) is 18.5. The Labute approximate surface area is 210 Å². The molecule has 0 bridgehead atoms. The maximum Gasteiger partial charge on any atom is 0.253 e. The number of amides is 1. The first-order chi connectivity index (χ1) is 15.0. The van der Waals surface area contributed by atoms with E-state index in [0.717, 1.165) is 37.7 Å². The summed E-state index contributed by atoms with van der Waals surface area (Å²) in [6.07, 6.45) is 0. The maximum absolute atomic E-state index is 12.1. The Kier molecular flexibility index (Phi) is 12.9. The van der Waals surface area contributed by atoms with Crippen LogP contribution in [0.4, 0.5) is 0 Å². The molecule has 2 aromatic carbocycles. The molecule has 2 rings (SSSR count). The van der Waals surface area contributed by atoms with Gasteiger partial charge in [-0.1, -0.05) is 56.3 Å². The summed E-state index contributed by atoms with van der Waals surface area (Å²) in [5.74, 6) is 0.803. The van der Waals surface area contributed by atoms with Gasteiger partial charge in [-0.2, -0.15) is 0 Å². The van der Waals surface area contributed by atoms with Gasteiger partial charge in [0.25, 0.3) is 5.91 Å². The van der Waals surface area contributed by atoms with Crippen LogP contribution in [-0.2, 0) is 6.54 Å². The number of hydrogen-bond acceptors (Lipinski definition) is 3. The van der Waals surface area contributed by atoms with Crippen molar-refractivity contribution in [3.63, 3.8) is 0 Å². The van der Waals surface area contributed by atoms with Crippen molar-refractivity contribution < 1.29 is 4.79 Å². The van der Waals surface area contributed by atoms with Crippen molar-refractivity contribution in [2.45, 2.75) is 33.4 Å². The molecular weight excluding hydrogens is 513 g/mol. The van der Waals surface area contributed by atoms with Gasteiger partial charge in [0.05, 0.1) is 12.6 Å². The van der Waals surface area contributed by atoms with Crippen LogP contribution in [0.5, 0.6) is 0 Å². The largest absolute Gasteiger partial charge is 0.357 e. The lowest BCUT2D eigenvalue weighted by atomic mass is 10.1. The van der Waals surface area contributed by atoms with E-state index in [1.807, 2.05) is 24.3 Å². The molecule has 0 fully saturated rings. The molecule has 32 heavy (non-hydrogen) atoms. The lowest BCUT2D eigenvalue weighted by molar-refractivity contribution is 0.0827. The number of aliphatic imine (C=N–C) groups is 1. The second kappa shape index (κ2) is 14.8. The Morgan fingerprint density at radius 1 is 0.938 bits per heavy atom. The number of carbonyl (C=O) groups is 1. The minimum atomic E-state index is 0. The van der Waals surface area contributed by atoms with Crippen LogP contribution in [0.1, 0.15) is 48.3 Å². The molecule has 0 aliphatic rings.